The summed E-state index contributed by atoms with van der Waals surface area (Å²) >= 11 is 0. The number of nitrogens with two attached hydrogens (primary N) is 1. The standard InChI is InChI=1S/C30H21F2N7O2.C7H8O3S.CH4/c1-14-19-10-9-17(12-21(19)37-36-14)26-25-29(33)34-13-35-30(25)39(38-26)15(2)28-23(16-5-3-6-18(31)11-16)27(40)24-20(32)7-4-8-22(24)41-28;1-6-2-4-7(5-3-6)11(8,9)10;/h3-13,15H,1-2H3,(H,36,37)(H2,33,34,35);2-5H,1H3,(H,8,9,10);1H4. The van der Waals surface area contributed by atoms with Crippen molar-refractivity contribution >= 4 is 48.8 Å². The molecule has 0 aliphatic carbocycles. The second-order valence-corrected chi connectivity index (χ2v) is 13.5. The smallest absolute Gasteiger partial charge is 0.294 e. The van der Waals surface area contributed by atoms with Crippen LogP contribution in [0.15, 0.2) is 105 Å². The molecule has 4 N–H and O–H groups in total. The molecule has 15 heteroatoms. The first-order valence-corrected chi connectivity index (χ1v) is 17.2. The van der Waals surface area contributed by atoms with Crippen LogP contribution in [0.25, 0.3) is 55.3 Å². The van der Waals surface area contributed by atoms with Crippen molar-refractivity contribution in [2.75, 3.05) is 5.73 Å². The first kappa shape index (κ1) is 36.5. The maximum Gasteiger partial charge on any atom is 0.294 e. The van der Waals surface area contributed by atoms with Crippen molar-refractivity contribution in [3.63, 3.8) is 0 Å². The van der Waals surface area contributed by atoms with Crippen LogP contribution in [0.3, 0.4) is 0 Å². The summed E-state index contributed by atoms with van der Waals surface area (Å²) in [5.41, 5.74) is 10.3. The topological polar surface area (TPSA) is 183 Å². The summed E-state index contributed by atoms with van der Waals surface area (Å²) in [5.74, 6) is -0.908. The number of benzene rings is 4. The van der Waals surface area contributed by atoms with E-state index in [9.17, 15) is 22.0 Å². The largest absolute Gasteiger partial charge is 0.458 e. The van der Waals surface area contributed by atoms with Gasteiger partial charge in [-0.15, -0.1) is 0 Å². The van der Waals surface area contributed by atoms with Crippen LogP contribution in [0.1, 0.15) is 37.4 Å². The fourth-order valence-electron chi connectivity index (χ4n) is 6.01. The lowest BCUT2D eigenvalue weighted by molar-refractivity contribution is 0.445. The van der Waals surface area contributed by atoms with Gasteiger partial charge in [-0.25, -0.2) is 23.4 Å². The van der Waals surface area contributed by atoms with Gasteiger partial charge >= 0.3 is 0 Å². The van der Waals surface area contributed by atoms with Gasteiger partial charge in [0.25, 0.3) is 10.1 Å². The van der Waals surface area contributed by atoms with Gasteiger partial charge in [0.15, 0.2) is 5.65 Å². The highest BCUT2D eigenvalue weighted by Crippen LogP contribution is 2.37. The summed E-state index contributed by atoms with van der Waals surface area (Å²) in [6, 6.07) is 20.7. The van der Waals surface area contributed by atoms with Crippen LogP contribution in [0, 0.1) is 25.5 Å². The molecule has 53 heavy (non-hydrogen) atoms. The average Bonchev–Trinajstić information content (AvgIpc) is 3.69. The van der Waals surface area contributed by atoms with E-state index in [2.05, 4.69) is 20.2 Å². The molecule has 0 bridgehead atoms. The maximum absolute atomic E-state index is 14.8. The lowest BCUT2D eigenvalue weighted by atomic mass is 9.99. The van der Waals surface area contributed by atoms with Crippen molar-refractivity contribution in [3.8, 4) is 22.4 Å². The molecule has 12 nitrogen and oxygen atoms in total. The lowest BCUT2D eigenvalue weighted by Gasteiger charge is -2.17. The van der Waals surface area contributed by atoms with Crippen LogP contribution in [0.2, 0.25) is 0 Å². The van der Waals surface area contributed by atoms with Crippen molar-refractivity contribution in [2.45, 2.75) is 39.1 Å². The minimum Gasteiger partial charge on any atom is -0.458 e. The van der Waals surface area contributed by atoms with Gasteiger partial charge in [0, 0.05) is 16.6 Å². The number of nitrogen functional groups attached to an aromatic ring is 1. The summed E-state index contributed by atoms with van der Waals surface area (Å²) in [6.07, 6.45) is 1.33. The molecule has 4 aromatic heterocycles. The second-order valence-electron chi connectivity index (χ2n) is 12.1. The zero-order valence-electron chi connectivity index (χ0n) is 27.8. The van der Waals surface area contributed by atoms with Gasteiger partial charge in [0.1, 0.15) is 52.2 Å². The zero-order chi connectivity index (χ0) is 36.9. The molecule has 0 aliphatic heterocycles. The molecule has 8 aromatic rings. The Kier molecular flexibility index (Phi) is 9.64. The van der Waals surface area contributed by atoms with Crippen molar-refractivity contribution in [3.05, 3.63) is 130 Å². The number of nitrogens with zero attached hydrogens (tertiary/aromatic N) is 5. The third-order valence-corrected chi connectivity index (χ3v) is 9.48. The lowest BCUT2D eigenvalue weighted by Crippen LogP contribution is -2.17. The van der Waals surface area contributed by atoms with E-state index in [0.717, 1.165) is 27.7 Å². The Bertz CT molecular complexity index is 2830. The highest BCUT2D eigenvalue weighted by atomic mass is 32.2. The van der Waals surface area contributed by atoms with Crippen molar-refractivity contribution in [1.82, 2.24) is 29.9 Å². The highest BCUT2D eigenvalue weighted by Gasteiger charge is 2.28. The average molecular weight is 738 g/mol. The SMILES string of the molecule is C.Cc1[nH]nc2cc(-c3nn(C(C)c4oc5cccc(F)c5c(=O)c4-c4cccc(F)c4)c4ncnc(N)c34)ccc12.Cc1ccc(S(=O)(=O)O)cc1. The number of aryl methyl sites for hydroxylation is 2. The number of H-pyrrole nitrogens is 1. The molecule has 0 fully saturated rings. The zero-order valence-corrected chi connectivity index (χ0v) is 28.6. The monoisotopic (exact) mass is 737 g/mol. The fraction of sp³-hybridized carbons (Fsp3) is 0.132. The van der Waals surface area contributed by atoms with Gasteiger partial charge in [-0.1, -0.05) is 55.5 Å². The van der Waals surface area contributed by atoms with Crippen LogP contribution >= 0.6 is 0 Å². The molecule has 4 aromatic carbocycles. The number of rotatable bonds is 5. The quantitative estimate of drug-likeness (QED) is 0.147. The number of nitrogens with one attached hydrogen (secondary N) is 1. The fourth-order valence-corrected chi connectivity index (χ4v) is 6.49. The summed E-state index contributed by atoms with van der Waals surface area (Å²) in [5, 5.41) is 13.5. The molecule has 4 heterocycles. The third-order valence-electron chi connectivity index (χ3n) is 8.61. The summed E-state index contributed by atoms with van der Waals surface area (Å²) in [7, 11) is -4.02. The van der Waals surface area contributed by atoms with Crippen LogP contribution < -0.4 is 11.2 Å². The van der Waals surface area contributed by atoms with E-state index in [1.807, 2.05) is 32.0 Å². The normalized spacial score (nSPS) is 12.0. The number of anilines is 1. The van der Waals surface area contributed by atoms with Crippen molar-refractivity contribution in [1.29, 1.82) is 0 Å². The van der Waals surface area contributed by atoms with Crippen LogP contribution in [-0.4, -0.2) is 42.9 Å². The second kappa shape index (κ2) is 14.0. The van der Waals surface area contributed by atoms with E-state index in [-0.39, 0.29) is 46.0 Å². The van der Waals surface area contributed by atoms with Gasteiger partial charge in [-0.3, -0.25) is 14.4 Å². The molecule has 0 saturated heterocycles. The molecule has 8 rings (SSSR count). The summed E-state index contributed by atoms with van der Waals surface area (Å²) < 4.78 is 66.5. The number of aromatic nitrogens is 6. The number of aromatic amines is 1. The highest BCUT2D eigenvalue weighted by molar-refractivity contribution is 7.85. The van der Waals surface area contributed by atoms with Gasteiger partial charge in [0.05, 0.1) is 21.4 Å². The number of hydrogen-bond donors (Lipinski definition) is 3. The molecule has 270 valence electrons. The molecular weight excluding hydrogens is 705 g/mol. The van der Waals surface area contributed by atoms with Gasteiger partial charge in [-0.05, 0) is 68.8 Å². The Labute approximate surface area is 301 Å². The number of hydrogen-bond acceptors (Lipinski definition) is 9. The minimum absolute atomic E-state index is 0. The summed E-state index contributed by atoms with van der Waals surface area (Å²) in [6.45, 7) is 5.54. The van der Waals surface area contributed by atoms with Gasteiger partial charge < -0.3 is 10.2 Å². The molecule has 1 unspecified atom stereocenters. The van der Waals surface area contributed by atoms with Crippen molar-refractivity contribution < 1.29 is 26.2 Å². The maximum atomic E-state index is 14.8. The number of halogens is 2. The Morgan fingerprint density at radius 2 is 1.66 bits per heavy atom. The Morgan fingerprint density at radius 1 is 0.925 bits per heavy atom. The Hall–Kier alpha value is -6.32. The van der Waals surface area contributed by atoms with E-state index in [4.69, 9.17) is 19.8 Å². The number of fused-ring (bicyclic) bond motifs is 3. The van der Waals surface area contributed by atoms with E-state index in [0.29, 0.717) is 16.7 Å². The van der Waals surface area contributed by atoms with Crippen LogP contribution in [0.4, 0.5) is 14.6 Å². The predicted octanol–water partition coefficient (Wildman–Crippen LogP) is 7.80. The van der Waals surface area contributed by atoms with Crippen LogP contribution in [-0.2, 0) is 10.1 Å². The Morgan fingerprint density at radius 3 is 2.38 bits per heavy atom. The van der Waals surface area contributed by atoms with Crippen LogP contribution in [0.5, 0.6) is 0 Å². The van der Waals surface area contributed by atoms with Crippen molar-refractivity contribution in [2.24, 2.45) is 0 Å². The summed E-state index contributed by atoms with van der Waals surface area (Å²) in [4.78, 5) is 22.4. The van der Waals surface area contributed by atoms with Gasteiger partial charge in [-0.2, -0.15) is 18.6 Å². The first-order chi connectivity index (χ1) is 24.8. The Balaban J connectivity index is 0.000000346. The first-order valence-electron chi connectivity index (χ1n) is 15.8. The van der Waals surface area contributed by atoms with Gasteiger partial charge in [0.2, 0.25) is 5.43 Å². The van der Waals surface area contributed by atoms with E-state index in [1.165, 1.54) is 54.9 Å². The third kappa shape index (κ3) is 6.74. The van der Waals surface area contributed by atoms with E-state index < -0.39 is 33.2 Å². The van der Waals surface area contributed by atoms with E-state index in [1.54, 1.807) is 29.8 Å². The molecule has 0 aliphatic rings. The molecule has 0 saturated carbocycles. The molecule has 0 spiro atoms. The predicted molar refractivity (Wildman–Crippen MR) is 199 cm³/mol. The molecule has 0 amide bonds. The molecular formula is C38H33F2N7O5S. The van der Waals surface area contributed by atoms with E-state index >= 15 is 0 Å². The minimum atomic E-state index is -4.02. The molecule has 1 atom stereocenters. The molecule has 0 radical (unpaired) electrons.